The maximum atomic E-state index is 11.7. The number of amides is 1. The van der Waals surface area contributed by atoms with E-state index in [9.17, 15) is 14.9 Å². The van der Waals surface area contributed by atoms with Gasteiger partial charge < -0.3 is 5.32 Å². The molecule has 0 atom stereocenters. The van der Waals surface area contributed by atoms with E-state index in [1.807, 2.05) is 19.1 Å². The predicted molar refractivity (Wildman–Crippen MR) is 70.8 cm³/mol. The number of carbonyl (C=O) groups is 1. The molecule has 1 amide bonds. The van der Waals surface area contributed by atoms with Gasteiger partial charge in [0.05, 0.1) is 4.92 Å². The molecule has 0 aliphatic carbocycles. The zero-order valence-electron chi connectivity index (χ0n) is 11.3. The monoisotopic (exact) mass is 266 g/mol. The first-order valence-electron chi connectivity index (χ1n) is 6.03. The van der Waals surface area contributed by atoms with Crippen LogP contribution >= 0.6 is 0 Å². The molecule has 0 unspecified atom stereocenters. The molecule has 104 valence electrons. The minimum Gasteiger partial charge on any atom is -0.354 e. The molecule has 0 fully saturated rings. The fourth-order valence-corrected chi connectivity index (χ4v) is 1.76. The van der Waals surface area contributed by atoms with Gasteiger partial charge in [-0.1, -0.05) is 12.2 Å². The molecule has 0 saturated carbocycles. The normalized spacial score (nSPS) is 10.9. The van der Waals surface area contributed by atoms with Crippen molar-refractivity contribution in [2.24, 2.45) is 0 Å². The number of nitrogens with one attached hydrogen (secondary N) is 1. The molecule has 0 aliphatic heterocycles. The largest absolute Gasteiger partial charge is 0.354 e. The van der Waals surface area contributed by atoms with Crippen LogP contribution in [0.2, 0.25) is 0 Å². The lowest BCUT2D eigenvalue weighted by Crippen LogP contribution is -2.29. The maximum Gasteiger partial charge on any atom is 0.312 e. The second-order valence-electron chi connectivity index (χ2n) is 4.14. The molecule has 7 heteroatoms. The molecule has 0 saturated heterocycles. The van der Waals surface area contributed by atoms with E-state index in [1.165, 1.54) is 4.68 Å². The first-order chi connectivity index (χ1) is 8.97. The Morgan fingerprint density at radius 1 is 1.53 bits per heavy atom. The fourth-order valence-electron chi connectivity index (χ4n) is 1.76. The van der Waals surface area contributed by atoms with Crippen molar-refractivity contribution in [2.45, 2.75) is 33.7 Å². The number of hydrogen-bond acceptors (Lipinski definition) is 4. The third kappa shape index (κ3) is 3.90. The second kappa shape index (κ2) is 6.67. The van der Waals surface area contributed by atoms with Crippen LogP contribution in [-0.2, 0) is 11.3 Å². The molecule has 1 aromatic rings. The summed E-state index contributed by atoms with van der Waals surface area (Å²) in [6.45, 7) is 5.61. The van der Waals surface area contributed by atoms with Gasteiger partial charge in [-0.3, -0.25) is 19.6 Å². The van der Waals surface area contributed by atoms with Gasteiger partial charge in [0, 0.05) is 6.54 Å². The van der Waals surface area contributed by atoms with E-state index in [0.717, 1.165) is 6.42 Å². The van der Waals surface area contributed by atoms with Gasteiger partial charge in [0.25, 0.3) is 0 Å². The highest BCUT2D eigenvalue weighted by atomic mass is 16.6. The van der Waals surface area contributed by atoms with Crippen LogP contribution in [0.4, 0.5) is 5.69 Å². The van der Waals surface area contributed by atoms with Gasteiger partial charge in [-0.2, -0.15) is 5.10 Å². The highest BCUT2D eigenvalue weighted by molar-refractivity contribution is 5.75. The number of aryl methyl sites for hydroxylation is 1. The molecule has 0 radical (unpaired) electrons. The summed E-state index contributed by atoms with van der Waals surface area (Å²) in [6.07, 6.45) is 4.63. The van der Waals surface area contributed by atoms with Crippen molar-refractivity contribution in [2.75, 3.05) is 6.54 Å². The summed E-state index contributed by atoms with van der Waals surface area (Å²) in [6, 6.07) is 0. The highest BCUT2D eigenvalue weighted by Crippen LogP contribution is 2.21. The van der Waals surface area contributed by atoms with Crippen molar-refractivity contribution < 1.29 is 9.72 Å². The maximum absolute atomic E-state index is 11.7. The van der Waals surface area contributed by atoms with Gasteiger partial charge in [-0.05, 0) is 27.2 Å². The van der Waals surface area contributed by atoms with E-state index in [2.05, 4.69) is 10.4 Å². The zero-order valence-corrected chi connectivity index (χ0v) is 11.3. The number of nitrogens with zero attached hydrogens (tertiary/aromatic N) is 3. The summed E-state index contributed by atoms with van der Waals surface area (Å²) < 4.78 is 1.36. The summed E-state index contributed by atoms with van der Waals surface area (Å²) in [5.41, 5.74) is 0.692. The predicted octanol–water partition coefficient (Wildman–Crippen LogP) is 1.49. The van der Waals surface area contributed by atoms with E-state index in [4.69, 9.17) is 0 Å². The van der Waals surface area contributed by atoms with Crippen LogP contribution in [0.25, 0.3) is 0 Å². The van der Waals surface area contributed by atoms with Crippen molar-refractivity contribution in [3.8, 4) is 0 Å². The van der Waals surface area contributed by atoms with Gasteiger partial charge in [0.2, 0.25) is 5.91 Å². The Bertz CT molecular complexity index is 505. The summed E-state index contributed by atoms with van der Waals surface area (Å²) in [5.74, 6) is -0.204. The third-order valence-electron chi connectivity index (χ3n) is 2.69. The van der Waals surface area contributed by atoms with Crippen LogP contribution in [0.3, 0.4) is 0 Å². The van der Waals surface area contributed by atoms with Crippen molar-refractivity contribution in [3.05, 3.63) is 33.7 Å². The van der Waals surface area contributed by atoms with E-state index < -0.39 is 4.92 Å². The first kappa shape index (κ1) is 14.9. The Labute approximate surface area is 111 Å². The lowest BCUT2D eigenvalue weighted by molar-refractivity contribution is -0.386. The molecule has 1 aromatic heterocycles. The second-order valence-corrected chi connectivity index (χ2v) is 4.14. The Morgan fingerprint density at radius 2 is 2.21 bits per heavy atom. The quantitative estimate of drug-likeness (QED) is 0.365. The van der Waals surface area contributed by atoms with Crippen LogP contribution in [0.5, 0.6) is 0 Å². The van der Waals surface area contributed by atoms with Gasteiger partial charge in [-0.25, -0.2) is 0 Å². The number of allylic oxidation sites excluding steroid dienone is 1. The van der Waals surface area contributed by atoms with E-state index in [-0.39, 0.29) is 18.1 Å². The van der Waals surface area contributed by atoms with Crippen molar-refractivity contribution in [1.29, 1.82) is 0 Å². The van der Waals surface area contributed by atoms with E-state index >= 15 is 0 Å². The minimum atomic E-state index is -0.474. The SMILES string of the molecule is C/C=C/CCNC(=O)Cn1nc(C)c([N+](=O)[O-])c1C. The Hall–Kier alpha value is -2.18. The van der Waals surface area contributed by atoms with Crippen molar-refractivity contribution in [3.63, 3.8) is 0 Å². The van der Waals surface area contributed by atoms with Crippen LogP contribution in [0.15, 0.2) is 12.2 Å². The van der Waals surface area contributed by atoms with Crippen LogP contribution in [0.1, 0.15) is 24.7 Å². The number of hydrogen-bond donors (Lipinski definition) is 1. The van der Waals surface area contributed by atoms with Gasteiger partial charge in [-0.15, -0.1) is 0 Å². The molecular weight excluding hydrogens is 248 g/mol. The van der Waals surface area contributed by atoms with E-state index in [0.29, 0.717) is 17.9 Å². The van der Waals surface area contributed by atoms with Crippen LogP contribution in [0, 0.1) is 24.0 Å². The number of rotatable bonds is 6. The van der Waals surface area contributed by atoms with Gasteiger partial charge >= 0.3 is 5.69 Å². The molecule has 7 nitrogen and oxygen atoms in total. The zero-order chi connectivity index (χ0) is 14.4. The molecular formula is C12H18N4O3. The lowest BCUT2D eigenvalue weighted by atomic mass is 10.3. The molecule has 19 heavy (non-hydrogen) atoms. The van der Waals surface area contributed by atoms with Crippen molar-refractivity contribution in [1.82, 2.24) is 15.1 Å². The number of nitro groups is 1. The molecule has 1 N–H and O–H groups in total. The average Bonchev–Trinajstić information content (AvgIpc) is 2.60. The fraction of sp³-hybridized carbons (Fsp3) is 0.500. The van der Waals surface area contributed by atoms with Gasteiger partial charge in [0.15, 0.2) is 0 Å². The standard InChI is InChI=1S/C12H18N4O3/c1-4-5-6-7-13-11(17)8-15-10(3)12(16(18)19)9(2)14-15/h4-5H,6-8H2,1-3H3,(H,13,17)/b5-4+. The molecule has 1 heterocycles. The van der Waals surface area contributed by atoms with Crippen LogP contribution in [-0.4, -0.2) is 27.2 Å². The Morgan fingerprint density at radius 3 is 2.74 bits per heavy atom. The summed E-state index contributed by atoms with van der Waals surface area (Å²) >= 11 is 0. The number of carbonyl (C=O) groups excluding carboxylic acids is 1. The smallest absolute Gasteiger partial charge is 0.312 e. The topological polar surface area (TPSA) is 90.1 Å². The first-order valence-corrected chi connectivity index (χ1v) is 6.03. The Balaban J connectivity index is 2.65. The molecule has 0 aromatic carbocycles. The minimum absolute atomic E-state index is 0.00362. The summed E-state index contributed by atoms with van der Waals surface area (Å²) in [5, 5.41) is 17.6. The molecule has 1 rings (SSSR count). The number of aromatic nitrogens is 2. The lowest BCUT2D eigenvalue weighted by Gasteiger charge is -2.04. The molecule has 0 aliphatic rings. The van der Waals surface area contributed by atoms with Gasteiger partial charge in [0.1, 0.15) is 17.9 Å². The summed E-state index contributed by atoms with van der Waals surface area (Å²) in [4.78, 5) is 22.0. The Kier molecular flexibility index (Phi) is 5.23. The highest BCUT2D eigenvalue weighted by Gasteiger charge is 2.22. The third-order valence-corrected chi connectivity index (χ3v) is 2.69. The summed E-state index contributed by atoms with van der Waals surface area (Å²) in [7, 11) is 0. The van der Waals surface area contributed by atoms with Crippen LogP contribution < -0.4 is 5.32 Å². The molecule has 0 bridgehead atoms. The average molecular weight is 266 g/mol. The molecule has 0 spiro atoms. The van der Waals surface area contributed by atoms with Crippen molar-refractivity contribution >= 4 is 11.6 Å². The van der Waals surface area contributed by atoms with E-state index in [1.54, 1.807) is 13.8 Å².